The second-order valence-corrected chi connectivity index (χ2v) is 6.15. The third-order valence-corrected chi connectivity index (χ3v) is 4.40. The molecule has 0 aliphatic carbocycles. The van der Waals surface area contributed by atoms with E-state index in [9.17, 15) is 0 Å². The molecule has 0 aromatic heterocycles. The first kappa shape index (κ1) is 15.9. The van der Waals surface area contributed by atoms with Crippen LogP contribution in [-0.4, -0.2) is 75.4 Å². The van der Waals surface area contributed by atoms with E-state index in [-0.39, 0.29) is 5.60 Å². The van der Waals surface area contributed by atoms with Gasteiger partial charge in [0, 0.05) is 32.3 Å². The molecule has 1 aliphatic rings. The van der Waals surface area contributed by atoms with E-state index in [0.29, 0.717) is 6.04 Å². The maximum atomic E-state index is 5.58. The second kappa shape index (κ2) is 6.85. The molecule has 1 heterocycles. The van der Waals surface area contributed by atoms with Crippen LogP contribution >= 0.6 is 0 Å². The highest BCUT2D eigenvalue weighted by atomic mass is 16.5. The molecular weight excluding hydrogens is 226 g/mol. The van der Waals surface area contributed by atoms with Crippen molar-refractivity contribution in [2.24, 2.45) is 0 Å². The van der Waals surface area contributed by atoms with Crippen LogP contribution in [0.15, 0.2) is 0 Å². The number of nitrogens with one attached hydrogen (secondary N) is 1. The summed E-state index contributed by atoms with van der Waals surface area (Å²) in [6.45, 7) is 7.70. The Morgan fingerprint density at radius 3 is 2.61 bits per heavy atom. The first-order valence-corrected chi connectivity index (χ1v) is 7.02. The van der Waals surface area contributed by atoms with Gasteiger partial charge in [0.05, 0.1) is 5.60 Å². The zero-order chi connectivity index (χ0) is 13.8. The largest absolute Gasteiger partial charge is 0.377 e. The van der Waals surface area contributed by atoms with Crippen LogP contribution in [0.4, 0.5) is 0 Å². The van der Waals surface area contributed by atoms with Crippen LogP contribution in [0.5, 0.6) is 0 Å². The molecule has 0 amide bonds. The average Bonchev–Trinajstić information content (AvgIpc) is 2.71. The molecule has 1 N–H and O–H groups in total. The molecule has 2 atom stereocenters. The topological polar surface area (TPSA) is 27.7 Å². The Labute approximate surface area is 113 Å². The molecule has 0 spiro atoms. The van der Waals surface area contributed by atoms with Gasteiger partial charge >= 0.3 is 0 Å². The van der Waals surface area contributed by atoms with Gasteiger partial charge in [-0.15, -0.1) is 0 Å². The lowest BCUT2D eigenvalue weighted by molar-refractivity contribution is -0.0169. The fourth-order valence-electron chi connectivity index (χ4n) is 2.76. The zero-order valence-electron chi connectivity index (χ0n) is 13.0. The van der Waals surface area contributed by atoms with Crippen molar-refractivity contribution in [3.05, 3.63) is 0 Å². The molecule has 0 aromatic carbocycles. The summed E-state index contributed by atoms with van der Waals surface area (Å²) in [6, 6.07) is 1.07. The molecule has 18 heavy (non-hydrogen) atoms. The summed E-state index contributed by atoms with van der Waals surface area (Å²) in [7, 11) is 8.25. The van der Waals surface area contributed by atoms with Gasteiger partial charge in [-0.2, -0.15) is 0 Å². The highest BCUT2D eigenvalue weighted by molar-refractivity contribution is 4.88. The Morgan fingerprint density at radius 2 is 2.17 bits per heavy atom. The van der Waals surface area contributed by atoms with E-state index in [1.807, 2.05) is 7.05 Å². The third-order valence-electron chi connectivity index (χ3n) is 4.40. The summed E-state index contributed by atoms with van der Waals surface area (Å²) in [5.74, 6) is 0. The fourth-order valence-corrected chi connectivity index (χ4v) is 2.76. The minimum atomic E-state index is -0.134. The molecule has 4 heteroatoms. The minimum Gasteiger partial charge on any atom is -0.377 e. The van der Waals surface area contributed by atoms with E-state index in [2.05, 4.69) is 43.1 Å². The van der Waals surface area contributed by atoms with Crippen molar-refractivity contribution in [2.45, 2.75) is 44.4 Å². The lowest BCUT2D eigenvalue weighted by Gasteiger charge is -2.36. The van der Waals surface area contributed by atoms with Crippen molar-refractivity contribution in [3.63, 3.8) is 0 Å². The van der Waals surface area contributed by atoms with Gasteiger partial charge in [0.2, 0.25) is 0 Å². The Hall–Kier alpha value is -0.160. The van der Waals surface area contributed by atoms with Crippen LogP contribution in [0.1, 0.15) is 26.7 Å². The van der Waals surface area contributed by atoms with Crippen molar-refractivity contribution in [1.29, 1.82) is 0 Å². The molecule has 108 valence electrons. The molecule has 1 saturated heterocycles. The molecule has 0 saturated carbocycles. The van der Waals surface area contributed by atoms with E-state index in [1.54, 1.807) is 7.11 Å². The Kier molecular flexibility index (Phi) is 6.05. The van der Waals surface area contributed by atoms with E-state index >= 15 is 0 Å². The molecule has 1 fully saturated rings. The van der Waals surface area contributed by atoms with Crippen LogP contribution in [-0.2, 0) is 4.74 Å². The summed E-state index contributed by atoms with van der Waals surface area (Å²) in [4.78, 5) is 4.90. The van der Waals surface area contributed by atoms with E-state index < -0.39 is 0 Å². The smallest absolute Gasteiger partial charge is 0.0787 e. The lowest BCUT2D eigenvalue weighted by Crippen LogP contribution is -2.53. The number of rotatable bonds is 7. The molecule has 0 radical (unpaired) electrons. The number of hydrogen-bond acceptors (Lipinski definition) is 4. The quantitative estimate of drug-likeness (QED) is 0.737. The van der Waals surface area contributed by atoms with E-state index in [0.717, 1.165) is 19.1 Å². The van der Waals surface area contributed by atoms with Crippen molar-refractivity contribution >= 4 is 0 Å². The molecule has 4 nitrogen and oxygen atoms in total. The van der Waals surface area contributed by atoms with Gasteiger partial charge in [0.1, 0.15) is 0 Å². The predicted octanol–water partition coefficient (Wildman–Crippen LogP) is 1.03. The Balaban J connectivity index is 2.44. The van der Waals surface area contributed by atoms with Crippen LogP contribution in [0, 0.1) is 0 Å². The molecule has 0 aromatic rings. The lowest BCUT2D eigenvalue weighted by atomic mass is 9.98. The van der Waals surface area contributed by atoms with Crippen LogP contribution < -0.4 is 5.32 Å². The van der Waals surface area contributed by atoms with Crippen molar-refractivity contribution < 1.29 is 4.74 Å². The fraction of sp³-hybridized carbons (Fsp3) is 1.00. The summed E-state index contributed by atoms with van der Waals surface area (Å²) in [6.07, 6.45) is 2.67. The molecular formula is C14H31N3O. The standard InChI is InChI=1S/C14H31N3O/c1-14(2,18-6)13(15-3)11-16(4)10-12-8-7-9-17(12)5/h12-13,15H,7-11H2,1-6H3. The molecule has 1 aliphatic heterocycles. The third kappa shape index (κ3) is 4.19. The zero-order valence-corrected chi connectivity index (χ0v) is 13.0. The summed E-state index contributed by atoms with van der Waals surface area (Å²) < 4.78 is 5.58. The number of likely N-dealkylation sites (N-methyl/N-ethyl adjacent to an activating group) is 3. The van der Waals surface area contributed by atoms with Crippen molar-refractivity contribution in [3.8, 4) is 0 Å². The number of methoxy groups -OCH3 is 1. The Bertz CT molecular complexity index is 245. The average molecular weight is 257 g/mol. The number of hydrogen-bond donors (Lipinski definition) is 1. The van der Waals surface area contributed by atoms with Gasteiger partial charge < -0.3 is 19.9 Å². The van der Waals surface area contributed by atoms with Gasteiger partial charge in [-0.1, -0.05) is 0 Å². The monoisotopic (exact) mass is 257 g/mol. The van der Waals surface area contributed by atoms with Gasteiger partial charge in [0.15, 0.2) is 0 Å². The summed E-state index contributed by atoms with van der Waals surface area (Å²) in [5, 5.41) is 3.38. The maximum absolute atomic E-state index is 5.58. The highest BCUT2D eigenvalue weighted by Crippen LogP contribution is 2.18. The maximum Gasteiger partial charge on any atom is 0.0787 e. The van der Waals surface area contributed by atoms with Crippen molar-refractivity contribution in [1.82, 2.24) is 15.1 Å². The number of likely N-dealkylation sites (tertiary alicyclic amines) is 1. The van der Waals surface area contributed by atoms with Crippen molar-refractivity contribution in [2.75, 3.05) is 47.9 Å². The molecule has 0 bridgehead atoms. The van der Waals surface area contributed by atoms with E-state index in [1.165, 1.54) is 19.4 Å². The van der Waals surface area contributed by atoms with Crippen LogP contribution in [0.25, 0.3) is 0 Å². The van der Waals surface area contributed by atoms with E-state index in [4.69, 9.17) is 4.74 Å². The Morgan fingerprint density at radius 1 is 1.50 bits per heavy atom. The molecule has 1 rings (SSSR count). The SMILES string of the molecule is CNC(CN(C)CC1CCCN1C)C(C)(C)OC. The normalized spacial score (nSPS) is 23.8. The molecule has 2 unspecified atom stereocenters. The van der Waals surface area contributed by atoms with Gasteiger partial charge in [-0.3, -0.25) is 0 Å². The van der Waals surface area contributed by atoms with Gasteiger partial charge in [-0.05, 0) is 54.4 Å². The second-order valence-electron chi connectivity index (χ2n) is 6.15. The van der Waals surface area contributed by atoms with Gasteiger partial charge in [0.25, 0.3) is 0 Å². The summed E-state index contributed by atoms with van der Waals surface area (Å²) >= 11 is 0. The minimum absolute atomic E-state index is 0.134. The first-order valence-electron chi connectivity index (χ1n) is 7.02. The van der Waals surface area contributed by atoms with Crippen LogP contribution in [0.2, 0.25) is 0 Å². The summed E-state index contributed by atoms with van der Waals surface area (Å²) in [5.41, 5.74) is -0.134. The highest BCUT2D eigenvalue weighted by Gasteiger charge is 2.30. The first-order chi connectivity index (χ1) is 8.40. The van der Waals surface area contributed by atoms with Gasteiger partial charge in [-0.25, -0.2) is 0 Å². The van der Waals surface area contributed by atoms with Crippen LogP contribution in [0.3, 0.4) is 0 Å². The number of ether oxygens (including phenoxy) is 1. The predicted molar refractivity (Wildman–Crippen MR) is 77.1 cm³/mol. The number of nitrogens with zero attached hydrogens (tertiary/aromatic N) is 2.